The average Bonchev–Trinajstić information content (AvgIpc) is 3.44. The first-order valence-corrected chi connectivity index (χ1v) is 12.8. The summed E-state index contributed by atoms with van der Waals surface area (Å²) in [5.41, 5.74) is 6.10. The van der Waals surface area contributed by atoms with Crippen molar-refractivity contribution in [2.45, 2.75) is 19.4 Å². The molecule has 192 valence electrons. The maximum atomic E-state index is 10.1. The number of rotatable bonds is 7. The fourth-order valence-electron chi connectivity index (χ4n) is 4.98. The molecule has 2 aliphatic heterocycles. The van der Waals surface area contributed by atoms with Crippen molar-refractivity contribution in [3.05, 3.63) is 82.5 Å². The number of aromatic nitrogens is 2. The number of hydrogen-bond acceptors (Lipinski definition) is 8. The molecule has 1 aromatic heterocycles. The standard InChI is InChI=1S/C30H28N4O4/c1-35-28-16-20(2-7-27(28)38-19-21-3-6-26-23(15-21)8-11-37-26)14-22-4-5-25-30(24(22)17-31)33-29(18-32-25)34-9-12-36-13-10-34/h2-7,15-16,18H,8-14,19H2,1H3. The Kier molecular flexibility index (Phi) is 6.67. The van der Waals surface area contributed by atoms with Gasteiger partial charge in [0.05, 0.1) is 44.2 Å². The van der Waals surface area contributed by atoms with Crippen molar-refractivity contribution in [2.75, 3.05) is 44.9 Å². The van der Waals surface area contributed by atoms with Crippen molar-refractivity contribution < 1.29 is 18.9 Å². The smallest absolute Gasteiger partial charge is 0.161 e. The van der Waals surface area contributed by atoms with Gasteiger partial charge in [-0.3, -0.25) is 4.98 Å². The second-order valence-corrected chi connectivity index (χ2v) is 9.40. The Bertz CT molecular complexity index is 1530. The van der Waals surface area contributed by atoms with E-state index >= 15 is 0 Å². The number of nitriles is 1. The predicted octanol–water partition coefficient (Wildman–Crippen LogP) is 4.45. The van der Waals surface area contributed by atoms with Gasteiger partial charge in [-0.05, 0) is 59.0 Å². The maximum Gasteiger partial charge on any atom is 0.161 e. The minimum absolute atomic E-state index is 0.441. The van der Waals surface area contributed by atoms with Crippen LogP contribution in [0.5, 0.6) is 17.2 Å². The van der Waals surface area contributed by atoms with E-state index in [1.54, 1.807) is 13.3 Å². The minimum atomic E-state index is 0.441. The summed E-state index contributed by atoms with van der Waals surface area (Å²) in [4.78, 5) is 11.5. The van der Waals surface area contributed by atoms with Crippen molar-refractivity contribution in [1.82, 2.24) is 9.97 Å². The molecule has 0 radical (unpaired) electrons. The molecule has 0 spiro atoms. The van der Waals surface area contributed by atoms with Crippen LogP contribution in [0, 0.1) is 11.3 Å². The summed E-state index contributed by atoms with van der Waals surface area (Å²) in [7, 11) is 1.64. The number of hydrogen-bond donors (Lipinski definition) is 0. The molecule has 2 aliphatic rings. The van der Waals surface area contributed by atoms with Crippen LogP contribution < -0.4 is 19.1 Å². The molecule has 3 heterocycles. The molecule has 0 bridgehead atoms. The number of methoxy groups -OCH3 is 1. The molecule has 0 atom stereocenters. The van der Waals surface area contributed by atoms with Gasteiger partial charge in [-0.1, -0.05) is 18.2 Å². The van der Waals surface area contributed by atoms with Gasteiger partial charge in [0, 0.05) is 19.5 Å². The van der Waals surface area contributed by atoms with E-state index in [2.05, 4.69) is 22.0 Å². The number of benzene rings is 3. The molecule has 1 fully saturated rings. The lowest BCUT2D eigenvalue weighted by Gasteiger charge is -2.27. The second-order valence-electron chi connectivity index (χ2n) is 9.40. The fourth-order valence-corrected chi connectivity index (χ4v) is 4.98. The highest BCUT2D eigenvalue weighted by Crippen LogP contribution is 2.32. The number of fused-ring (bicyclic) bond motifs is 2. The van der Waals surface area contributed by atoms with Gasteiger partial charge in [0.15, 0.2) is 11.5 Å². The van der Waals surface area contributed by atoms with E-state index in [1.807, 2.05) is 42.5 Å². The van der Waals surface area contributed by atoms with Crippen LogP contribution in [-0.2, 0) is 24.2 Å². The predicted molar refractivity (Wildman–Crippen MR) is 143 cm³/mol. The zero-order chi connectivity index (χ0) is 25.9. The molecule has 0 amide bonds. The normalized spacial score (nSPS) is 14.6. The Balaban J connectivity index is 1.22. The average molecular weight is 509 g/mol. The number of morpholine rings is 1. The molecule has 6 rings (SSSR count). The third-order valence-corrected chi connectivity index (χ3v) is 7.01. The van der Waals surface area contributed by atoms with Crippen LogP contribution in [0.4, 0.5) is 5.82 Å². The first-order chi connectivity index (χ1) is 18.7. The Labute approximate surface area is 221 Å². The van der Waals surface area contributed by atoms with Gasteiger partial charge in [0.1, 0.15) is 29.8 Å². The molecule has 3 aromatic carbocycles. The summed E-state index contributed by atoms with van der Waals surface area (Å²) >= 11 is 0. The summed E-state index contributed by atoms with van der Waals surface area (Å²) in [6.45, 7) is 4.02. The maximum absolute atomic E-state index is 10.1. The van der Waals surface area contributed by atoms with Gasteiger partial charge in [0.2, 0.25) is 0 Å². The first-order valence-electron chi connectivity index (χ1n) is 12.8. The molecule has 0 aliphatic carbocycles. The monoisotopic (exact) mass is 508 g/mol. The van der Waals surface area contributed by atoms with Gasteiger partial charge < -0.3 is 23.8 Å². The largest absolute Gasteiger partial charge is 0.493 e. The number of ether oxygens (including phenoxy) is 4. The Hall–Kier alpha value is -4.35. The van der Waals surface area contributed by atoms with Gasteiger partial charge in [0.25, 0.3) is 0 Å². The van der Waals surface area contributed by atoms with E-state index in [-0.39, 0.29) is 0 Å². The lowest BCUT2D eigenvalue weighted by Crippen LogP contribution is -2.36. The highest BCUT2D eigenvalue weighted by molar-refractivity contribution is 5.83. The minimum Gasteiger partial charge on any atom is -0.493 e. The zero-order valence-corrected chi connectivity index (χ0v) is 21.3. The third-order valence-electron chi connectivity index (χ3n) is 7.01. The summed E-state index contributed by atoms with van der Waals surface area (Å²) in [5.74, 6) is 3.06. The zero-order valence-electron chi connectivity index (χ0n) is 21.3. The van der Waals surface area contributed by atoms with Crippen LogP contribution >= 0.6 is 0 Å². The highest BCUT2D eigenvalue weighted by Gasteiger charge is 2.17. The van der Waals surface area contributed by atoms with Gasteiger partial charge >= 0.3 is 0 Å². The number of anilines is 1. The van der Waals surface area contributed by atoms with Crippen LogP contribution in [0.25, 0.3) is 11.0 Å². The van der Waals surface area contributed by atoms with Crippen LogP contribution in [0.2, 0.25) is 0 Å². The summed E-state index contributed by atoms with van der Waals surface area (Å²) in [6.07, 6.45) is 3.26. The van der Waals surface area contributed by atoms with E-state index in [0.29, 0.717) is 54.3 Å². The van der Waals surface area contributed by atoms with Crippen LogP contribution in [-0.4, -0.2) is 50.0 Å². The number of nitrogens with zero attached hydrogens (tertiary/aromatic N) is 4. The van der Waals surface area contributed by atoms with Crippen molar-refractivity contribution in [3.8, 4) is 23.3 Å². The fraction of sp³-hybridized carbons (Fsp3) is 0.300. The van der Waals surface area contributed by atoms with Crippen LogP contribution in [0.15, 0.2) is 54.7 Å². The lowest BCUT2D eigenvalue weighted by atomic mass is 9.98. The van der Waals surface area contributed by atoms with Crippen LogP contribution in [0.1, 0.15) is 27.8 Å². The quantitative estimate of drug-likeness (QED) is 0.362. The molecule has 0 unspecified atom stereocenters. The van der Waals surface area contributed by atoms with Gasteiger partial charge in [-0.2, -0.15) is 5.26 Å². The molecular weight excluding hydrogens is 480 g/mol. The third kappa shape index (κ3) is 4.81. The van der Waals surface area contributed by atoms with Crippen molar-refractivity contribution in [1.29, 1.82) is 5.26 Å². The summed E-state index contributed by atoms with van der Waals surface area (Å²) in [5, 5.41) is 10.1. The molecule has 4 aromatic rings. The highest BCUT2D eigenvalue weighted by atomic mass is 16.5. The Morgan fingerprint density at radius 3 is 2.71 bits per heavy atom. The Morgan fingerprint density at radius 1 is 1.00 bits per heavy atom. The van der Waals surface area contributed by atoms with Gasteiger partial charge in [-0.15, -0.1) is 0 Å². The second kappa shape index (κ2) is 10.6. The van der Waals surface area contributed by atoms with Crippen LogP contribution in [0.3, 0.4) is 0 Å². The molecular formula is C30H28N4O4. The van der Waals surface area contributed by atoms with E-state index in [9.17, 15) is 5.26 Å². The van der Waals surface area contributed by atoms with Crippen molar-refractivity contribution in [3.63, 3.8) is 0 Å². The van der Waals surface area contributed by atoms with Crippen molar-refractivity contribution >= 4 is 16.9 Å². The molecule has 0 saturated carbocycles. The molecule has 38 heavy (non-hydrogen) atoms. The van der Waals surface area contributed by atoms with E-state index in [1.165, 1.54) is 5.56 Å². The first kappa shape index (κ1) is 24.0. The van der Waals surface area contributed by atoms with Gasteiger partial charge in [-0.25, -0.2) is 4.98 Å². The lowest BCUT2D eigenvalue weighted by molar-refractivity contribution is 0.122. The van der Waals surface area contributed by atoms with E-state index < -0.39 is 0 Å². The summed E-state index contributed by atoms with van der Waals surface area (Å²) in [6, 6.07) is 18.3. The summed E-state index contributed by atoms with van der Waals surface area (Å²) < 4.78 is 22.8. The SMILES string of the molecule is COc1cc(Cc2ccc3ncc(N4CCOCC4)nc3c2C#N)ccc1OCc1ccc2c(c1)CCO2. The molecule has 8 nitrogen and oxygen atoms in total. The van der Waals surface area contributed by atoms with E-state index in [0.717, 1.165) is 54.4 Å². The molecule has 0 N–H and O–H groups in total. The van der Waals surface area contributed by atoms with E-state index in [4.69, 9.17) is 23.9 Å². The Morgan fingerprint density at radius 2 is 1.87 bits per heavy atom. The topological polar surface area (TPSA) is 89.7 Å². The molecule has 8 heteroatoms. The van der Waals surface area contributed by atoms with Crippen molar-refractivity contribution in [2.24, 2.45) is 0 Å². The molecule has 1 saturated heterocycles.